The molecule has 5 rings (SSSR count). The van der Waals surface area contributed by atoms with Crippen molar-refractivity contribution in [3.63, 3.8) is 0 Å². The molecule has 0 amide bonds. The molecule has 1 saturated heterocycles. The third-order valence-electron chi connectivity index (χ3n) is 6.79. The Labute approximate surface area is 221 Å². The number of hydrogen-bond acceptors (Lipinski definition) is 7. The summed E-state index contributed by atoms with van der Waals surface area (Å²) in [5.41, 5.74) is 3.42. The van der Waals surface area contributed by atoms with Gasteiger partial charge in [0, 0.05) is 48.5 Å². The number of para-hydroxylation sites is 1. The molecule has 192 valence electrons. The molecule has 2 aliphatic heterocycles. The van der Waals surface area contributed by atoms with Crippen LogP contribution in [0.3, 0.4) is 0 Å². The smallest absolute Gasteiger partial charge is 0.305 e. The molecular formula is C28H29ClN4O4. The number of carbonyl (C=O) groups is 1. The molecule has 1 N–H and O–H groups in total. The van der Waals surface area contributed by atoms with Crippen LogP contribution < -0.4 is 19.3 Å². The van der Waals surface area contributed by atoms with Crippen molar-refractivity contribution in [2.75, 3.05) is 50.2 Å². The second-order valence-electron chi connectivity index (χ2n) is 8.95. The molecule has 1 fully saturated rings. The van der Waals surface area contributed by atoms with Crippen LogP contribution in [0, 0.1) is 0 Å². The molecule has 0 aromatic heterocycles. The van der Waals surface area contributed by atoms with Gasteiger partial charge in [-0.15, -0.1) is 0 Å². The number of ether oxygens (including phenoxy) is 2. The number of aliphatic carboxylic acids is 1. The minimum absolute atomic E-state index is 0.102. The standard InChI is InChI=1S/C28H29ClN4O4/c1-36-21-7-5-6-20(17-21)31-12-14-32(15-13-31)28-30-23-9-4-3-8-22(23)24(18-27(34)35)33(28)25-16-19(29)10-11-26(25)37-2/h3-11,16-17,24H,12-15,18H2,1-2H3,(H,34,35). The Bertz CT molecular complexity index is 1320. The van der Waals surface area contributed by atoms with Crippen molar-refractivity contribution in [2.45, 2.75) is 12.5 Å². The number of hydrogen-bond donors (Lipinski definition) is 1. The van der Waals surface area contributed by atoms with E-state index in [1.165, 1.54) is 0 Å². The topological polar surface area (TPSA) is 77.8 Å². The Kier molecular flexibility index (Phi) is 7.10. The van der Waals surface area contributed by atoms with Gasteiger partial charge >= 0.3 is 5.97 Å². The fraction of sp³-hybridized carbons (Fsp3) is 0.286. The van der Waals surface area contributed by atoms with E-state index in [4.69, 9.17) is 26.1 Å². The van der Waals surface area contributed by atoms with Crippen LogP contribution in [0.1, 0.15) is 18.0 Å². The highest BCUT2D eigenvalue weighted by atomic mass is 35.5. The summed E-state index contributed by atoms with van der Waals surface area (Å²) in [5, 5.41) is 10.4. The van der Waals surface area contributed by atoms with Gasteiger partial charge in [-0.25, -0.2) is 4.99 Å². The van der Waals surface area contributed by atoms with Gasteiger partial charge in [-0.3, -0.25) is 4.79 Å². The Morgan fingerprint density at radius 1 is 0.973 bits per heavy atom. The van der Waals surface area contributed by atoms with Gasteiger partial charge in [0.25, 0.3) is 0 Å². The number of carboxylic acids is 1. The average Bonchev–Trinajstić information content (AvgIpc) is 2.92. The average molecular weight is 521 g/mol. The van der Waals surface area contributed by atoms with Crippen molar-refractivity contribution in [1.82, 2.24) is 4.90 Å². The second-order valence-corrected chi connectivity index (χ2v) is 9.38. The molecule has 0 saturated carbocycles. The first-order chi connectivity index (χ1) is 18.0. The summed E-state index contributed by atoms with van der Waals surface area (Å²) in [4.78, 5) is 23.6. The fourth-order valence-electron chi connectivity index (χ4n) is 5.00. The normalized spacial score (nSPS) is 17.2. The maximum absolute atomic E-state index is 12.1. The Morgan fingerprint density at radius 3 is 2.46 bits per heavy atom. The highest BCUT2D eigenvalue weighted by molar-refractivity contribution is 6.31. The predicted molar refractivity (Wildman–Crippen MR) is 146 cm³/mol. The number of halogens is 1. The van der Waals surface area contributed by atoms with Gasteiger partial charge in [-0.2, -0.15) is 0 Å². The molecule has 2 aliphatic rings. The van der Waals surface area contributed by atoms with E-state index in [2.05, 4.69) is 15.9 Å². The van der Waals surface area contributed by atoms with Crippen molar-refractivity contribution >= 4 is 40.6 Å². The van der Waals surface area contributed by atoms with Gasteiger partial charge in [0.15, 0.2) is 0 Å². The quantitative estimate of drug-likeness (QED) is 0.478. The van der Waals surface area contributed by atoms with Gasteiger partial charge in [0.2, 0.25) is 5.96 Å². The summed E-state index contributed by atoms with van der Waals surface area (Å²) in [6.07, 6.45) is -0.102. The van der Waals surface area contributed by atoms with Crippen LogP contribution >= 0.6 is 11.6 Å². The van der Waals surface area contributed by atoms with Gasteiger partial charge in [0.05, 0.1) is 38.1 Å². The molecular weight excluding hydrogens is 492 g/mol. The first-order valence-corrected chi connectivity index (χ1v) is 12.5. The summed E-state index contributed by atoms with van der Waals surface area (Å²) in [5.74, 6) is 1.22. The molecule has 0 aliphatic carbocycles. The Morgan fingerprint density at radius 2 is 1.73 bits per heavy atom. The molecule has 1 unspecified atom stereocenters. The summed E-state index contributed by atoms with van der Waals surface area (Å²) in [6, 6.07) is 20.6. The van der Waals surface area contributed by atoms with Gasteiger partial charge in [-0.1, -0.05) is 35.9 Å². The highest BCUT2D eigenvalue weighted by Crippen LogP contribution is 2.44. The lowest BCUT2D eigenvalue weighted by molar-refractivity contribution is -0.137. The molecule has 0 spiro atoms. The number of carboxylic acid groups (broad SMARTS) is 1. The molecule has 3 aromatic rings. The lowest BCUT2D eigenvalue weighted by Crippen LogP contribution is -2.55. The van der Waals surface area contributed by atoms with E-state index in [9.17, 15) is 9.90 Å². The first kappa shape index (κ1) is 24.8. The lowest BCUT2D eigenvalue weighted by Gasteiger charge is -2.45. The summed E-state index contributed by atoms with van der Waals surface area (Å²) < 4.78 is 11.1. The maximum atomic E-state index is 12.1. The number of fused-ring (bicyclic) bond motifs is 1. The van der Waals surface area contributed by atoms with E-state index < -0.39 is 12.0 Å². The number of nitrogens with zero attached hydrogens (tertiary/aromatic N) is 4. The predicted octanol–water partition coefficient (Wildman–Crippen LogP) is 5.20. The number of methoxy groups -OCH3 is 2. The first-order valence-electron chi connectivity index (χ1n) is 12.1. The van der Waals surface area contributed by atoms with Crippen LogP contribution in [0.15, 0.2) is 71.7 Å². The molecule has 2 heterocycles. The van der Waals surface area contributed by atoms with Crippen molar-refractivity contribution in [3.8, 4) is 11.5 Å². The molecule has 3 aromatic carbocycles. The zero-order valence-corrected chi connectivity index (χ0v) is 21.6. The van der Waals surface area contributed by atoms with E-state index in [0.717, 1.165) is 35.8 Å². The zero-order valence-electron chi connectivity index (χ0n) is 20.8. The van der Waals surface area contributed by atoms with E-state index >= 15 is 0 Å². The SMILES string of the molecule is COc1cccc(N2CCN(C3=Nc4ccccc4C(CC(=O)O)N3c3cc(Cl)ccc3OC)CC2)c1. The Balaban J connectivity index is 1.54. The Hall–Kier alpha value is -3.91. The minimum atomic E-state index is -0.894. The number of aliphatic imine (C=N–C) groups is 1. The fourth-order valence-corrected chi connectivity index (χ4v) is 5.17. The zero-order chi connectivity index (χ0) is 25.9. The number of benzene rings is 3. The van der Waals surface area contributed by atoms with E-state index in [0.29, 0.717) is 35.5 Å². The number of rotatable bonds is 6. The van der Waals surface area contributed by atoms with Crippen LogP contribution in [0.2, 0.25) is 5.02 Å². The molecule has 0 radical (unpaired) electrons. The van der Waals surface area contributed by atoms with Gasteiger partial charge < -0.3 is 29.3 Å². The van der Waals surface area contributed by atoms with E-state index in [1.807, 2.05) is 53.4 Å². The van der Waals surface area contributed by atoms with Gasteiger partial charge in [-0.05, 0) is 36.4 Å². The third kappa shape index (κ3) is 5.02. The van der Waals surface area contributed by atoms with E-state index in [-0.39, 0.29) is 6.42 Å². The monoisotopic (exact) mass is 520 g/mol. The third-order valence-corrected chi connectivity index (χ3v) is 7.03. The van der Waals surface area contributed by atoms with Crippen LogP contribution in [0.4, 0.5) is 17.1 Å². The molecule has 37 heavy (non-hydrogen) atoms. The van der Waals surface area contributed by atoms with Gasteiger partial charge in [0.1, 0.15) is 11.5 Å². The van der Waals surface area contributed by atoms with Crippen molar-refractivity contribution in [1.29, 1.82) is 0 Å². The molecule has 1 atom stereocenters. The van der Waals surface area contributed by atoms with Crippen molar-refractivity contribution < 1.29 is 19.4 Å². The second kappa shape index (κ2) is 10.6. The highest BCUT2D eigenvalue weighted by Gasteiger charge is 2.37. The van der Waals surface area contributed by atoms with E-state index in [1.54, 1.807) is 26.4 Å². The summed E-state index contributed by atoms with van der Waals surface area (Å²) in [6.45, 7) is 2.96. The van der Waals surface area contributed by atoms with Crippen LogP contribution in [0.25, 0.3) is 0 Å². The van der Waals surface area contributed by atoms with Crippen molar-refractivity contribution in [3.05, 3.63) is 77.3 Å². The van der Waals surface area contributed by atoms with Crippen LogP contribution in [0.5, 0.6) is 11.5 Å². The largest absolute Gasteiger partial charge is 0.497 e. The number of anilines is 2. The summed E-state index contributed by atoms with van der Waals surface area (Å²) >= 11 is 6.42. The minimum Gasteiger partial charge on any atom is -0.497 e. The lowest BCUT2D eigenvalue weighted by atomic mass is 9.97. The molecule has 0 bridgehead atoms. The maximum Gasteiger partial charge on any atom is 0.305 e. The number of guanidine groups is 1. The summed E-state index contributed by atoms with van der Waals surface area (Å²) in [7, 11) is 3.27. The van der Waals surface area contributed by atoms with Crippen LogP contribution in [-0.2, 0) is 4.79 Å². The van der Waals surface area contributed by atoms with Crippen LogP contribution in [-0.4, -0.2) is 62.3 Å². The molecule has 9 heteroatoms. The number of piperazine rings is 1. The molecule has 8 nitrogen and oxygen atoms in total. The van der Waals surface area contributed by atoms with Crippen molar-refractivity contribution in [2.24, 2.45) is 4.99 Å².